The van der Waals surface area contributed by atoms with Gasteiger partial charge in [-0.25, -0.2) is 0 Å². The van der Waals surface area contributed by atoms with E-state index in [1.807, 2.05) is 0 Å². The van der Waals surface area contributed by atoms with Gasteiger partial charge < -0.3 is 62.8 Å². The molecule has 0 radical (unpaired) electrons. The van der Waals surface area contributed by atoms with Crippen LogP contribution in [0.5, 0.6) is 0 Å². The van der Waals surface area contributed by atoms with E-state index in [9.17, 15) is 25.3 Å². The lowest BCUT2D eigenvalue weighted by Crippen LogP contribution is -2.59. The Morgan fingerprint density at radius 3 is 2.09 bits per heavy atom. The molecule has 4 fully saturated rings. The van der Waals surface area contributed by atoms with Crippen molar-refractivity contribution in [3.05, 3.63) is 11.6 Å². The van der Waals surface area contributed by atoms with Gasteiger partial charge in [0.25, 0.3) is 0 Å². The zero-order valence-corrected chi connectivity index (χ0v) is 37.6. The molecule has 0 aromatic heterocycles. The van der Waals surface area contributed by atoms with Crippen molar-refractivity contribution < 1.29 is 62.8 Å². The molecule has 5 rings (SSSR count). The van der Waals surface area contributed by atoms with Crippen molar-refractivity contribution >= 4 is 18.5 Å². The predicted octanol–water partition coefficient (Wildman–Crippen LogP) is 5.53. The van der Waals surface area contributed by atoms with Crippen LogP contribution < -0.4 is 0 Å². The molecule has 1 heterocycles. The maximum atomic E-state index is 10.2. The van der Waals surface area contributed by atoms with Gasteiger partial charge in [-0.1, -0.05) is 65.5 Å². The lowest BCUT2D eigenvalue weighted by Gasteiger charge is -2.58. The zero-order chi connectivity index (χ0) is 41.9. The van der Waals surface area contributed by atoms with Crippen LogP contribution in [0.2, 0.25) is 0 Å². The van der Waals surface area contributed by atoms with E-state index < -0.39 is 44.0 Å². The van der Waals surface area contributed by atoms with Gasteiger partial charge in [0.05, 0.1) is 78.8 Å². The van der Waals surface area contributed by atoms with E-state index in [2.05, 4.69) is 40.7 Å². The molecule has 1 aliphatic heterocycles. The summed E-state index contributed by atoms with van der Waals surface area (Å²) in [5.74, 6) is 5.14. The van der Waals surface area contributed by atoms with Gasteiger partial charge in [0.2, 0.25) is 0 Å². The molecule has 0 aromatic carbocycles. The van der Waals surface area contributed by atoms with Crippen LogP contribution >= 0.6 is 6.72 Å². The van der Waals surface area contributed by atoms with Crippen LogP contribution in [-0.2, 0) is 49.3 Å². The van der Waals surface area contributed by atoms with Crippen molar-refractivity contribution in [3.63, 3.8) is 0 Å². The average molecular weight is 865 g/mol. The molecule has 338 valence electrons. The first-order valence-corrected chi connectivity index (χ1v) is 24.9. The molecule has 0 spiro atoms. The Morgan fingerprint density at radius 2 is 1.41 bits per heavy atom. The number of rotatable bonds is 25. The molecule has 0 aromatic rings. The minimum absolute atomic E-state index is 0.0155. The summed E-state index contributed by atoms with van der Waals surface area (Å²) in [6, 6.07) is 0. The first-order chi connectivity index (χ1) is 27.7. The number of hydrogen-bond donors (Lipinski definition) is 5. The van der Waals surface area contributed by atoms with Gasteiger partial charge in [0.15, 0.2) is 6.29 Å². The van der Waals surface area contributed by atoms with E-state index in [1.54, 1.807) is 5.57 Å². The summed E-state index contributed by atoms with van der Waals surface area (Å²) < 4.78 is 44.2. The minimum atomic E-state index is -3.56. The van der Waals surface area contributed by atoms with Crippen molar-refractivity contribution in [3.8, 4) is 0 Å². The number of aliphatic hydroxyl groups excluding tert-OH is 4. The molecule has 0 bridgehead atoms. The van der Waals surface area contributed by atoms with Crippen LogP contribution in [-0.4, -0.2) is 135 Å². The van der Waals surface area contributed by atoms with Gasteiger partial charge >= 0.3 is 6.72 Å². The van der Waals surface area contributed by atoms with E-state index in [0.717, 1.165) is 48.3 Å². The summed E-state index contributed by atoms with van der Waals surface area (Å²) in [5.41, 5.74) is 2.53. The molecular formula is C43H77O13PS. The average Bonchev–Trinajstić information content (AvgIpc) is 3.55. The van der Waals surface area contributed by atoms with Crippen LogP contribution in [0.15, 0.2) is 11.6 Å². The topological polar surface area (TPSA) is 175 Å². The monoisotopic (exact) mass is 864 g/mol. The van der Waals surface area contributed by atoms with E-state index in [0.29, 0.717) is 50.5 Å². The minimum Gasteiger partial charge on any atom is -0.394 e. The quantitative estimate of drug-likeness (QED) is 0.0440. The Bertz CT molecular complexity index is 1310. The molecule has 14 atom stereocenters. The van der Waals surface area contributed by atoms with E-state index in [-0.39, 0.29) is 32.5 Å². The highest BCUT2D eigenvalue weighted by Crippen LogP contribution is 2.67. The highest BCUT2D eigenvalue weighted by Gasteiger charge is 2.59. The fourth-order valence-corrected chi connectivity index (χ4v) is 12.5. The normalized spacial score (nSPS) is 37.8. The van der Waals surface area contributed by atoms with Crippen LogP contribution in [0.4, 0.5) is 0 Å². The first-order valence-electron chi connectivity index (χ1n) is 22.3. The summed E-state index contributed by atoms with van der Waals surface area (Å²) in [6.45, 7) is 11.1. The highest BCUT2D eigenvalue weighted by molar-refractivity contribution is 8.07. The molecular weight excluding hydrogens is 788 g/mol. The number of fused-ring (bicyclic) bond motifs is 5. The Balaban J connectivity index is 0.864. The predicted molar refractivity (Wildman–Crippen MR) is 223 cm³/mol. The second kappa shape index (κ2) is 23.0. The van der Waals surface area contributed by atoms with Crippen LogP contribution in [0.3, 0.4) is 0 Å². The molecule has 3 saturated carbocycles. The van der Waals surface area contributed by atoms with E-state index in [4.69, 9.17) is 49.3 Å². The second-order valence-electron chi connectivity index (χ2n) is 18.6. The zero-order valence-electron chi connectivity index (χ0n) is 35.9. The van der Waals surface area contributed by atoms with E-state index >= 15 is 0 Å². The maximum absolute atomic E-state index is 10.2. The third kappa shape index (κ3) is 12.7. The largest absolute Gasteiger partial charge is 0.394 e. The number of allylic oxidation sites excluding steroid dienone is 1. The SMILES string of the molecule is CC(C)CCCC(C)C1CCC2C3CC=C4CC(OCCOCCOCCOCCOP(O)(=S)OCCOC5OC(CO)C(O)C(O)C5O)CCC4(C)C3CCC12C. The lowest BCUT2D eigenvalue weighted by atomic mass is 9.47. The van der Waals surface area contributed by atoms with Gasteiger partial charge in [-0.05, 0) is 110 Å². The molecule has 1 saturated heterocycles. The van der Waals surface area contributed by atoms with Gasteiger partial charge in [-0.2, -0.15) is 0 Å². The third-order valence-electron chi connectivity index (χ3n) is 14.5. The first kappa shape index (κ1) is 48.9. The van der Waals surface area contributed by atoms with Gasteiger partial charge in [-0.3, -0.25) is 0 Å². The summed E-state index contributed by atoms with van der Waals surface area (Å²) in [5, 5.41) is 38.9. The number of aliphatic hydroxyl groups is 4. The summed E-state index contributed by atoms with van der Waals surface area (Å²) in [4.78, 5) is 10.2. The fourth-order valence-electron chi connectivity index (χ4n) is 11.4. The highest BCUT2D eigenvalue weighted by atomic mass is 32.5. The maximum Gasteiger partial charge on any atom is 0.324 e. The molecule has 5 aliphatic rings. The molecule has 58 heavy (non-hydrogen) atoms. The summed E-state index contributed by atoms with van der Waals surface area (Å²) in [7, 11) is 0. The Morgan fingerprint density at radius 1 is 0.776 bits per heavy atom. The summed E-state index contributed by atoms with van der Waals surface area (Å²) >= 11 is 4.98. The Labute approximate surface area is 353 Å². The molecule has 14 unspecified atom stereocenters. The standard InChI is InChI=1S/C43H77O13PS/c1-29(2)7-6-8-30(3)34-11-12-35-33-10-9-31-27-32(13-15-42(31,4)36(33)14-16-43(34,35)5)52-23-21-50-19-17-49-18-20-51-22-25-54-57(48,58)55-26-24-53-41-40(47)39(46)38(45)37(28-44)56-41/h9,29-30,32-41,44-47H,6-8,10-28H2,1-5H3,(H,48,58). The van der Waals surface area contributed by atoms with Crippen LogP contribution in [0.1, 0.15) is 105 Å². The number of hydrogen-bond acceptors (Lipinski definition) is 13. The van der Waals surface area contributed by atoms with Crippen LogP contribution in [0, 0.1) is 46.3 Å². The molecule has 5 N–H and O–H groups in total. The molecule has 15 heteroatoms. The van der Waals surface area contributed by atoms with Crippen molar-refractivity contribution in [1.82, 2.24) is 0 Å². The molecule has 4 aliphatic carbocycles. The van der Waals surface area contributed by atoms with Crippen molar-refractivity contribution in [2.75, 3.05) is 72.7 Å². The fraction of sp³-hybridized carbons (Fsp3) is 0.953. The summed E-state index contributed by atoms with van der Waals surface area (Å²) in [6.07, 6.45) is 10.6. The Kier molecular flexibility index (Phi) is 19.4. The van der Waals surface area contributed by atoms with Gasteiger partial charge in [0.1, 0.15) is 24.4 Å². The smallest absolute Gasteiger partial charge is 0.324 e. The van der Waals surface area contributed by atoms with Gasteiger partial charge in [-0.15, -0.1) is 0 Å². The lowest BCUT2D eigenvalue weighted by molar-refractivity contribution is -0.301. The third-order valence-corrected chi connectivity index (χ3v) is 16.2. The molecule has 0 amide bonds. The Hall–Kier alpha value is -0.130. The second-order valence-corrected chi connectivity index (χ2v) is 21.4. The van der Waals surface area contributed by atoms with Crippen molar-refractivity contribution in [2.24, 2.45) is 46.3 Å². The molecule has 13 nitrogen and oxygen atoms in total. The van der Waals surface area contributed by atoms with Crippen molar-refractivity contribution in [1.29, 1.82) is 0 Å². The number of ether oxygens (including phenoxy) is 6. The van der Waals surface area contributed by atoms with E-state index in [1.165, 1.54) is 57.8 Å². The van der Waals surface area contributed by atoms with Gasteiger partial charge in [0, 0.05) is 0 Å². The van der Waals surface area contributed by atoms with Crippen LogP contribution in [0.25, 0.3) is 0 Å². The van der Waals surface area contributed by atoms with Crippen molar-refractivity contribution in [2.45, 2.75) is 142 Å².